The zero-order chi connectivity index (χ0) is 21.0. The highest BCUT2D eigenvalue weighted by molar-refractivity contribution is 6.31. The minimum Gasteiger partial charge on any atom is -0.455 e. The Morgan fingerprint density at radius 1 is 1.24 bits per heavy atom. The summed E-state index contributed by atoms with van der Waals surface area (Å²) in [5, 5.41) is 3.18. The van der Waals surface area contributed by atoms with E-state index in [9.17, 15) is 14.4 Å². The van der Waals surface area contributed by atoms with E-state index in [2.05, 4.69) is 5.32 Å². The number of nitrogens with one attached hydrogen (secondary N) is 1. The van der Waals surface area contributed by atoms with Crippen molar-refractivity contribution in [3.05, 3.63) is 58.6 Å². The molecule has 1 aliphatic heterocycles. The molecule has 29 heavy (non-hydrogen) atoms. The van der Waals surface area contributed by atoms with Crippen LogP contribution in [0.1, 0.15) is 24.5 Å². The van der Waals surface area contributed by atoms with Gasteiger partial charge in [0.05, 0.1) is 5.92 Å². The van der Waals surface area contributed by atoms with Gasteiger partial charge in [0, 0.05) is 29.4 Å². The quantitative estimate of drug-likeness (QED) is 0.730. The van der Waals surface area contributed by atoms with Gasteiger partial charge in [0.25, 0.3) is 5.91 Å². The molecule has 6 nitrogen and oxygen atoms in total. The van der Waals surface area contributed by atoms with Crippen molar-refractivity contribution < 1.29 is 19.1 Å². The molecule has 2 aromatic rings. The third-order valence-corrected chi connectivity index (χ3v) is 5.33. The number of benzene rings is 2. The lowest BCUT2D eigenvalue weighted by molar-refractivity contribution is -0.151. The number of nitrogens with zero attached hydrogens (tertiary/aromatic N) is 1. The van der Waals surface area contributed by atoms with Gasteiger partial charge < -0.3 is 15.0 Å². The molecule has 0 unspecified atom stereocenters. The molecular formula is C22H23ClN2O4. The molecule has 7 heteroatoms. The molecule has 0 aliphatic carbocycles. The lowest BCUT2D eigenvalue weighted by atomic mass is 10.1. The number of halogens is 1. The largest absolute Gasteiger partial charge is 0.455 e. The summed E-state index contributed by atoms with van der Waals surface area (Å²) in [6.07, 6.45) is 0.865. The Kier molecular flexibility index (Phi) is 6.54. The molecule has 1 fully saturated rings. The minimum atomic E-state index is -0.589. The number of rotatable bonds is 6. The molecule has 3 rings (SSSR count). The number of carbonyl (C=O) groups excluding carboxylic acids is 3. The van der Waals surface area contributed by atoms with Crippen LogP contribution in [0.2, 0.25) is 5.02 Å². The maximum atomic E-state index is 12.4. The number of aryl methyl sites for hydroxylation is 2. The Bertz CT molecular complexity index is 944. The highest BCUT2D eigenvalue weighted by Crippen LogP contribution is 2.29. The fourth-order valence-corrected chi connectivity index (χ4v) is 3.47. The number of para-hydroxylation sites is 1. The van der Waals surface area contributed by atoms with Gasteiger partial charge in [-0.25, -0.2) is 0 Å². The average Bonchev–Trinajstić information content (AvgIpc) is 3.10. The van der Waals surface area contributed by atoms with Crippen LogP contribution < -0.4 is 10.2 Å². The third kappa shape index (κ3) is 4.95. The molecule has 0 bridgehead atoms. The molecule has 0 spiro atoms. The summed E-state index contributed by atoms with van der Waals surface area (Å²) >= 11 is 6.04. The van der Waals surface area contributed by atoms with Gasteiger partial charge in [0.2, 0.25) is 5.91 Å². The minimum absolute atomic E-state index is 0.0755. The lowest BCUT2D eigenvalue weighted by Gasteiger charge is -2.19. The standard InChI is InChI=1S/C22H23ClN2O4/c1-3-15-6-4-5-7-19(15)25-12-16(10-21(25)27)22(28)29-13-20(26)24-17-9-8-14(2)18(23)11-17/h4-9,11,16H,3,10,12-13H2,1-2H3,(H,24,26)/t16-/m0/s1. The van der Waals surface area contributed by atoms with Crippen molar-refractivity contribution in [3.63, 3.8) is 0 Å². The van der Waals surface area contributed by atoms with Crippen LogP contribution in [0.5, 0.6) is 0 Å². The van der Waals surface area contributed by atoms with Crippen LogP contribution in [-0.4, -0.2) is 30.9 Å². The van der Waals surface area contributed by atoms with E-state index in [1.54, 1.807) is 23.1 Å². The number of esters is 1. The van der Waals surface area contributed by atoms with Gasteiger partial charge in [-0.1, -0.05) is 42.8 Å². The predicted molar refractivity (Wildman–Crippen MR) is 112 cm³/mol. The smallest absolute Gasteiger partial charge is 0.311 e. The number of hydrogen-bond acceptors (Lipinski definition) is 4. The van der Waals surface area contributed by atoms with Crippen molar-refractivity contribution in [3.8, 4) is 0 Å². The van der Waals surface area contributed by atoms with E-state index in [0.717, 1.165) is 23.2 Å². The summed E-state index contributed by atoms with van der Waals surface area (Å²) in [4.78, 5) is 38.5. The van der Waals surface area contributed by atoms with Crippen LogP contribution in [0.4, 0.5) is 11.4 Å². The van der Waals surface area contributed by atoms with Gasteiger partial charge in [-0.2, -0.15) is 0 Å². The van der Waals surface area contributed by atoms with Gasteiger partial charge in [0.1, 0.15) is 0 Å². The Morgan fingerprint density at radius 3 is 2.72 bits per heavy atom. The topological polar surface area (TPSA) is 75.7 Å². The molecule has 2 aromatic carbocycles. The second kappa shape index (κ2) is 9.09. The van der Waals surface area contributed by atoms with E-state index in [1.807, 2.05) is 38.1 Å². The molecule has 1 saturated heterocycles. The van der Waals surface area contributed by atoms with Crippen molar-refractivity contribution in [1.82, 2.24) is 0 Å². The number of amides is 2. The van der Waals surface area contributed by atoms with Gasteiger partial charge >= 0.3 is 5.97 Å². The van der Waals surface area contributed by atoms with Crippen LogP contribution in [0.3, 0.4) is 0 Å². The molecule has 2 amide bonds. The summed E-state index contributed by atoms with van der Waals surface area (Å²) < 4.78 is 5.14. The monoisotopic (exact) mass is 414 g/mol. The first-order valence-electron chi connectivity index (χ1n) is 9.50. The van der Waals surface area contributed by atoms with E-state index >= 15 is 0 Å². The Balaban J connectivity index is 1.55. The number of anilines is 2. The van der Waals surface area contributed by atoms with E-state index in [0.29, 0.717) is 10.7 Å². The highest BCUT2D eigenvalue weighted by atomic mass is 35.5. The zero-order valence-corrected chi connectivity index (χ0v) is 17.2. The normalized spacial score (nSPS) is 16.0. The van der Waals surface area contributed by atoms with Gasteiger partial charge in [-0.3, -0.25) is 14.4 Å². The first-order valence-corrected chi connectivity index (χ1v) is 9.87. The summed E-state index contributed by atoms with van der Waals surface area (Å²) in [7, 11) is 0. The Hall–Kier alpha value is -2.86. The van der Waals surface area contributed by atoms with Crippen molar-refractivity contribution in [2.45, 2.75) is 26.7 Å². The summed E-state index contributed by atoms with van der Waals surface area (Å²) in [5.41, 5.74) is 3.30. The molecule has 1 aliphatic rings. The van der Waals surface area contributed by atoms with Crippen molar-refractivity contribution in [2.75, 3.05) is 23.4 Å². The van der Waals surface area contributed by atoms with Crippen molar-refractivity contribution in [2.24, 2.45) is 5.92 Å². The predicted octanol–water partition coefficient (Wildman–Crippen LogP) is 3.75. The van der Waals surface area contributed by atoms with Crippen LogP contribution in [0.15, 0.2) is 42.5 Å². The van der Waals surface area contributed by atoms with E-state index in [-0.39, 0.29) is 18.9 Å². The molecule has 0 saturated carbocycles. The number of hydrogen-bond donors (Lipinski definition) is 1. The van der Waals surface area contributed by atoms with Crippen LogP contribution in [-0.2, 0) is 25.5 Å². The van der Waals surface area contributed by atoms with Crippen LogP contribution in [0.25, 0.3) is 0 Å². The molecule has 152 valence electrons. The van der Waals surface area contributed by atoms with Crippen molar-refractivity contribution in [1.29, 1.82) is 0 Å². The lowest BCUT2D eigenvalue weighted by Crippen LogP contribution is -2.28. The molecule has 1 heterocycles. The van der Waals surface area contributed by atoms with Gasteiger partial charge in [-0.15, -0.1) is 0 Å². The fourth-order valence-electron chi connectivity index (χ4n) is 3.29. The van der Waals surface area contributed by atoms with Gasteiger partial charge in [0.15, 0.2) is 6.61 Å². The molecule has 1 atom stereocenters. The highest BCUT2D eigenvalue weighted by Gasteiger charge is 2.37. The Morgan fingerprint density at radius 2 is 2.00 bits per heavy atom. The Labute approximate surface area is 174 Å². The molecular weight excluding hydrogens is 392 g/mol. The maximum Gasteiger partial charge on any atom is 0.311 e. The van der Waals surface area contributed by atoms with E-state index in [1.165, 1.54) is 0 Å². The number of carbonyl (C=O) groups is 3. The van der Waals surface area contributed by atoms with Crippen molar-refractivity contribution >= 4 is 40.8 Å². The second-order valence-corrected chi connectivity index (χ2v) is 7.41. The van der Waals surface area contributed by atoms with Gasteiger partial charge in [-0.05, 0) is 42.7 Å². The zero-order valence-electron chi connectivity index (χ0n) is 16.4. The van der Waals surface area contributed by atoms with Crippen LogP contribution in [0, 0.1) is 12.8 Å². The average molecular weight is 415 g/mol. The SMILES string of the molecule is CCc1ccccc1N1C[C@@H](C(=O)OCC(=O)Nc2ccc(C)c(Cl)c2)CC1=O. The summed E-state index contributed by atoms with van der Waals surface area (Å²) in [5.74, 6) is -1.72. The fraction of sp³-hybridized carbons (Fsp3) is 0.318. The number of ether oxygens (including phenoxy) is 1. The summed E-state index contributed by atoms with van der Waals surface area (Å²) in [6, 6.07) is 12.8. The van der Waals surface area contributed by atoms with Crippen LogP contribution >= 0.6 is 11.6 Å². The first kappa shape index (κ1) is 20.9. The second-order valence-electron chi connectivity index (χ2n) is 7.01. The third-order valence-electron chi connectivity index (χ3n) is 4.92. The van der Waals surface area contributed by atoms with E-state index < -0.39 is 24.4 Å². The maximum absolute atomic E-state index is 12.4. The molecule has 0 radical (unpaired) electrons. The molecule has 1 N–H and O–H groups in total. The summed E-state index contributed by atoms with van der Waals surface area (Å²) in [6.45, 7) is 3.72. The molecule has 0 aromatic heterocycles. The van der Waals surface area contributed by atoms with E-state index in [4.69, 9.17) is 16.3 Å². The first-order chi connectivity index (χ1) is 13.9.